The van der Waals surface area contributed by atoms with Gasteiger partial charge in [0.05, 0.1) is 16.1 Å². The van der Waals surface area contributed by atoms with Crippen LogP contribution in [-0.4, -0.2) is 59.1 Å². The normalized spacial score (nSPS) is 15.4. The van der Waals surface area contributed by atoms with Crippen molar-refractivity contribution >= 4 is 46.0 Å². The Morgan fingerprint density at radius 1 is 1.12 bits per heavy atom. The number of anilines is 1. The summed E-state index contributed by atoms with van der Waals surface area (Å²) in [5.41, 5.74) is 6.10. The summed E-state index contributed by atoms with van der Waals surface area (Å²) in [7, 11) is 2.18. The van der Waals surface area contributed by atoms with Crippen molar-refractivity contribution in [1.29, 1.82) is 0 Å². The SMILES string of the molecule is Cc1c(NC(=O)c2cccs2)ccc2[nH]nc(/C=C/c3cccc(CN4CCN(C)CC4)c3)c12. The van der Waals surface area contributed by atoms with Gasteiger partial charge >= 0.3 is 0 Å². The van der Waals surface area contributed by atoms with E-state index in [-0.39, 0.29) is 5.91 Å². The molecule has 5 rings (SSSR count). The van der Waals surface area contributed by atoms with E-state index in [1.807, 2.05) is 42.6 Å². The Morgan fingerprint density at radius 3 is 2.76 bits per heavy atom. The molecule has 2 aromatic heterocycles. The maximum atomic E-state index is 12.5. The van der Waals surface area contributed by atoms with Gasteiger partial charge in [-0.3, -0.25) is 14.8 Å². The highest BCUT2D eigenvalue weighted by Gasteiger charge is 2.15. The summed E-state index contributed by atoms with van der Waals surface area (Å²) in [6, 6.07) is 16.3. The molecule has 2 N–H and O–H groups in total. The van der Waals surface area contributed by atoms with Gasteiger partial charge in [-0.15, -0.1) is 11.3 Å². The molecule has 1 amide bonds. The molecule has 7 heteroatoms. The molecule has 1 aliphatic rings. The molecule has 6 nitrogen and oxygen atoms in total. The number of hydrogen-bond donors (Lipinski definition) is 2. The van der Waals surface area contributed by atoms with Crippen molar-refractivity contribution in [3.05, 3.63) is 81.2 Å². The number of amides is 1. The number of H-pyrrole nitrogens is 1. The zero-order valence-corrected chi connectivity index (χ0v) is 20.4. The van der Waals surface area contributed by atoms with Gasteiger partial charge in [-0.1, -0.05) is 36.4 Å². The first kappa shape index (κ1) is 22.5. The highest BCUT2D eigenvalue weighted by Crippen LogP contribution is 2.28. The third kappa shape index (κ3) is 4.97. The summed E-state index contributed by atoms with van der Waals surface area (Å²) >= 11 is 1.44. The Bertz CT molecular complexity index is 1320. The molecule has 0 aliphatic carbocycles. The first-order valence-corrected chi connectivity index (χ1v) is 12.5. The Labute approximate surface area is 203 Å². The largest absolute Gasteiger partial charge is 0.321 e. The highest BCUT2D eigenvalue weighted by atomic mass is 32.1. The van der Waals surface area contributed by atoms with Crippen LogP contribution in [0.25, 0.3) is 23.1 Å². The minimum atomic E-state index is -0.0878. The molecule has 34 heavy (non-hydrogen) atoms. The molecule has 0 saturated carbocycles. The molecule has 0 radical (unpaired) electrons. The van der Waals surface area contributed by atoms with Crippen molar-refractivity contribution < 1.29 is 4.79 Å². The van der Waals surface area contributed by atoms with E-state index in [2.05, 4.69) is 62.7 Å². The second-order valence-corrected chi connectivity index (χ2v) is 9.81. The minimum absolute atomic E-state index is 0.0878. The lowest BCUT2D eigenvalue weighted by Crippen LogP contribution is -2.43. The molecule has 2 aromatic carbocycles. The highest BCUT2D eigenvalue weighted by molar-refractivity contribution is 7.12. The van der Waals surface area contributed by atoms with Gasteiger partial charge in [0.25, 0.3) is 5.91 Å². The van der Waals surface area contributed by atoms with E-state index in [0.29, 0.717) is 4.88 Å². The van der Waals surface area contributed by atoms with Gasteiger partial charge in [0.1, 0.15) is 0 Å². The van der Waals surface area contributed by atoms with Crippen LogP contribution in [0.3, 0.4) is 0 Å². The molecule has 1 saturated heterocycles. The van der Waals surface area contributed by atoms with E-state index < -0.39 is 0 Å². The van der Waals surface area contributed by atoms with Gasteiger partial charge in [0.15, 0.2) is 0 Å². The topological polar surface area (TPSA) is 64.3 Å². The number of nitrogens with one attached hydrogen (secondary N) is 2. The van der Waals surface area contributed by atoms with Gasteiger partial charge in [-0.25, -0.2) is 0 Å². The predicted octanol–water partition coefficient (Wildman–Crippen LogP) is 5.10. The smallest absolute Gasteiger partial charge is 0.265 e. The fourth-order valence-electron chi connectivity index (χ4n) is 4.39. The number of aromatic amines is 1. The van der Waals surface area contributed by atoms with Crippen molar-refractivity contribution in [3.63, 3.8) is 0 Å². The van der Waals surface area contributed by atoms with Gasteiger partial charge in [-0.05, 0) is 60.3 Å². The lowest BCUT2D eigenvalue weighted by atomic mass is 10.0. The van der Waals surface area contributed by atoms with Crippen molar-refractivity contribution in [2.75, 3.05) is 38.5 Å². The zero-order valence-electron chi connectivity index (χ0n) is 19.5. The maximum absolute atomic E-state index is 12.5. The lowest BCUT2D eigenvalue weighted by molar-refractivity contribution is 0.103. The average molecular weight is 472 g/mol. The number of likely N-dealkylation sites (N-methyl/N-ethyl adjacent to an activating group) is 1. The third-order valence-electron chi connectivity index (χ3n) is 6.40. The van der Waals surface area contributed by atoms with E-state index in [1.165, 1.54) is 16.9 Å². The fourth-order valence-corrected chi connectivity index (χ4v) is 5.01. The lowest BCUT2D eigenvalue weighted by Gasteiger charge is -2.32. The number of nitrogens with zero attached hydrogens (tertiary/aromatic N) is 3. The van der Waals surface area contributed by atoms with Gasteiger partial charge in [0.2, 0.25) is 0 Å². The first-order valence-electron chi connectivity index (χ1n) is 11.6. The Kier molecular flexibility index (Phi) is 6.58. The van der Waals surface area contributed by atoms with E-state index in [1.54, 1.807) is 0 Å². The quantitative estimate of drug-likeness (QED) is 0.411. The minimum Gasteiger partial charge on any atom is -0.321 e. The maximum Gasteiger partial charge on any atom is 0.265 e. The van der Waals surface area contributed by atoms with Gasteiger partial charge < -0.3 is 10.2 Å². The van der Waals surface area contributed by atoms with Crippen LogP contribution in [0.5, 0.6) is 0 Å². The Balaban J connectivity index is 1.34. The van der Waals surface area contributed by atoms with Crippen LogP contribution in [0.1, 0.15) is 32.1 Å². The predicted molar refractivity (Wildman–Crippen MR) is 141 cm³/mol. The number of piperazine rings is 1. The summed E-state index contributed by atoms with van der Waals surface area (Å²) < 4.78 is 0. The zero-order chi connectivity index (χ0) is 23.5. The number of hydrogen-bond acceptors (Lipinski definition) is 5. The van der Waals surface area contributed by atoms with E-state index >= 15 is 0 Å². The van der Waals surface area contributed by atoms with E-state index in [9.17, 15) is 4.79 Å². The van der Waals surface area contributed by atoms with Crippen LogP contribution in [0.4, 0.5) is 5.69 Å². The van der Waals surface area contributed by atoms with E-state index in [4.69, 9.17) is 0 Å². The molecule has 1 aliphatic heterocycles. The molecule has 3 heterocycles. The fraction of sp³-hybridized carbons (Fsp3) is 0.259. The Morgan fingerprint density at radius 2 is 1.97 bits per heavy atom. The van der Waals surface area contributed by atoms with Crippen molar-refractivity contribution in [2.24, 2.45) is 0 Å². The molecular weight excluding hydrogens is 442 g/mol. The molecule has 0 bridgehead atoms. The number of carbonyl (C=O) groups excluding carboxylic acids is 1. The number of carbonyl (C=O) groups is 1. The summed E-state index contributed by atoms with van der Waals surface area (Å²) in [5.74, 6) is -0.0878. The van der Waals surface area contributed by atoms with Crippen molar-refractivity contribution in [3.8, 4) is 0 Å². The average Bonchev–Trinajstić information content (AvgIpc) is 3.52. The number of thiophene rings is 1. The van der Waals surface area contributed by atoms with Crippen LogP contribution in [0.15, 0.2) is 53.9 Å². The molecule has 0 atom stereocenters. The van der Waals surface area contributed by atoms with Crippen LogP contribution < -0.4 is 5.32 Å². The van der Waals surface area contributed by atoms with Crippen LogP contribution in [0.2, 0.25) is 0 Å². The summed E-state index contributed by atoms with van der Waals surface area (Å²) in [4.78, 5) is 18.1. The van der Waals surface area contributed by atoms with Crippen LogP contribution in [0, 0.1) is 6.92 Å². The van der Waals surface area contributed by atoms with Gasteiger partial charge in [0, 0.05) is 43.8 Å². The second kappa shape index (κ2) is 9.93. The number of benzene rings is 2. The number of fused-ring (bicyclic) bond motifs is 1. The second-order valence-electron chi connectivity index (χ2n) is 8.86. The third-order valence-corrected chi connectivity index (χ3v) is 7.27. The van der Waals surface area contributed by atoms with Crippen LogP contribution in [-0.2, 0) is 6.54 Å². The number of rotatable bonds is 6. The van der Waals surface area contributed by atoms with Crippen molar-refractivity contribution in [1.82, 2.24) is 20.0 Å². The standard InChI is InChI=1S/C27H29N5OS/c1-19-22(28-27(33)25-7-4-16-34-25)10-11-24-26(19)23(29-30-24)9-8-20-5-3-6-21(17-20)18-32-14-12-31(2)13-15-32/h3-11,16-17H,12-15,18H2,1-2H3,(H,28,33)(H,29,30)/b9-8+. The summed E-state index contributed by atoms with van der Waals surface area (Å²) in [5, 5.41) is 13.6. The molecule has 4 aromatic rings. The molecular formula is C27H29N5OS. The number of aromatic nitrogens is 2. The Hall–Kier alpha value is -3.26. The molecule has 0 unspecified atom stereocenters. The van der Waals surface area contributed by atoms with Crippen LogP contribution >= 0.6 is 11.3 Å². The first-order chi connectivity index (χ1) is 16.6. The molecule has 0 spiro atoms. The molecule has 174 valence electrons. The molecule has 1 fully saturated rings. The van der Waals surface area contributed by atoms with Gasteiger partial charge in [-0.2, -0.15) is 5.10 Å². The summed E-state index contributed by atoms with van der Waals surface area (Å²) in [6.45, 7) is 7.48. The monoisotopic (exact) mass is 471 g/mol. The number of aryl methyl sites for hydroxylation is 1. The summed E-state index contributed by atoms with van der Waals surface area (Å²) in [6.07, 6.45) is 4.16. The van der Waals surface area contributed by atoms with Crippen molar-refractivity contribution in [2.45, 2.75) is 13.5 Å². The van der Waals surface area contributed by atoms with E-state index in [0.717, 1.165) is 66.1 Å².